The van der Waals surface area contributed by atoms with Gasteiger partial charge in [0.15, 0.2) is 0 Å². The molecule has 1 aliphatic heterocycles. The number of benzene rings is 3. The first-order chi connectivity index (χ1) is 22.2. The summed E-state index contributed by atoms with van der Waals surface area (Å²) in [4.78, 5) is 69.9. The van der Waals surface area contributed by atoms with Crippen LogP contribution in [0.5, 0.6) is 0 Å². The summed E-state index contributed by atoms with van der Waals surface area (Å²) in [7, 11) is 2.83. The number of esters is 2. The minimum Gasteiger partial charge on any atom is -0.467 e. The van der Waals surface area contributed by atoms with Crippen LogP contribution in [0.4, 0.5) is 0 Å². The number of carbonyl (C=O) groups excluding carboxylic acids is 5. The smallest absolute Gasteiger partial charge is 0.328 e. The monoisotopic (exact) mass is 643 g/mol. The second-order valence-corrected chi connectivity index (χ2v) is 13.4. The summed E-state index contributed by atoms with van der Waals surface area (Å²) >= 11 is 0. The molecule has 0 saturated carbocycles. The van der Waals surface area contributed by atoms with Crippen LogP contribution < -0.4 is 5.32 Å². The number of carbonyl (C=O) groups is 5. The SMILES string of the molecule is COC(=O)[C@H](Cc1ccccc1)N(C)C(=O)[C@H](CC(C)C)NC(CCN1C(=O)c2cc3ccccc3cc2C1=O)C(=O)OC(C)(C)C. The van der Waals surface area contributed by atoms with Crippen LogP contribution in [0.3, 0.4) is 0 Å². The van der Waals surface area contributed by atoms with Crippen molar-refractivity contribution in [3.8, 4) is 0 Å². The van der Waals surface area contributed by atoms with Gasteiger partial charge in [0, 0.05) is 20.0 Å². The van der Waals surface area contributed by atoms with Crippen molar-refractivity contribution in [2.24, 2.45) is 5.92 Å². The lowest BCUT2D eigenvalue weighted by Gasteiger charge is -2.33. The number of likely N-dealkylation sites (N-methyl/N-ethyl adjacent to an activating group) is 1. The Hall–Kier alpha value is -4.57. The molecule has 3 aromatic carbocycles. The zero-order valence-corrected chi connectivity index (χ0v) is 28.2. The Morgan fingerprint density at radius 2 is 1.40 bits per heavy atom. The van der Waals surface area contributed by atoms with Crippen molar-refractivity contribution in [1.29, 1.82) is 0 Å². The zero-order chi connectivity index (χ0) is 34.5. The van der Waals surface area contributed by atoms with Gasteiger partial charge in [-0.25, -0.2) is 4.79 Å². The summed E-state index contributed by atoms with van der Waals surface area (Å²) in [6.07, 6.45) is 0.603. The molecule has 10 nitrogen and oxygen atoms in total. The lowest BCUT2D eigenvalue weighted by molar-refractivity contribution is -0.159. The fourth-order valence-corrected chi connectivity index (χ4v) is 5.79. The predicted octanol–water partition coefficient (Wildman–Crippen LogP) is 4.78. The number of nitrogens with one attached hydrogen (secondary N) is 1. The molecule has 3 atom stereocenters. The standard InChI is InChI=1S/C37H45N3O7/c1-23(2)19-30(34(43)39(6)31(36(45)46-7)20-24-13-9-8-10-14-24)38-29(35(44)47-37(3,4)5)17-18-40-32(41)27-21-25-15-11-12-16-26(25)22-28(27)33(40)42/h8-16,21-23,29-31,38H,17-20H2,1-7H3/t29?,30-,31-/m0/s1. The van der Waals surface area contributed by atoms with Crippen molar-refractivity contribution in [2.75, 3.05) is 20.7 Å². The molecule has 1 N–H and O–H groups in total. The number of fused-ring (bicyclic) bond motifs is 2. The first kappa shape index (κ1) is 35.3. The van der Waals surface area contributed by atoms with Gasteiger partial charge in [-0.1, -0.05) is 68.4 Å². The molecular formula is C37H45N3O7. The van der Waals surface area contributed by atoms with Crippen LogP contribution in [-0.4, -0.2) is 83.9 Å². The molecule has 1 aliphatic rings. The van der Waals surface area contributed by atoms with E-state index in [1.54, 1.807) is 40.0 Å². The van der Waals surface area contributed by atoms with E-state index in [4.69, 9.17) is 9.47 Å². The van der Waals surface area contributed by atoms with Crippen LogP contribution in [0, 0.1) is 5.92 Å². The summed E-state index contributed by atoms with van der Waals surface area (Å²) in [5, 5.41) is 4.89. The molecule has 0 fully saturated rings. The molecule has 0 bridgehead atoms. The Bertz CT molecular complexity index is 1580. The van der Waals surface area contributed by atoms with Crippen LogP contribution in [0.25, 0.3) is 10.8 Å². The number of methoxy groups -OCH3 is 1. The average molecular weight is 644 g/mol. The van der Waals surface area contributed by atoms with Gasteiger partial charge in [-0.3, -0.25) is 29.4 Å². The highest BCUT2D eigenvalue weighted by Gasteiger charge is 2.39. The molecule has 3 aromatic rings. The Balaban J connectivity index is 1.58. The Morgan fingerprint density at radius 1 is 0.851 bits per heavy atom. The zero-order valence-electron chi connectivity index (χ0n) is 28.2. The lowest BCUT2D eigenvalue weighted by atomic mass is 9.99. The number of amides is 3. The van der Waals surface area contributed by atoms with Crippen molar-refractivity contribution in [3.63, 3.8) is 0 Å². The van der Waals surface area contributed by atoms with E-state index in [9.17, 15) is 24.0 Å². The molecular weight excluding hydrogens is 598 g/mol. The third-order valence-corrected chi connectivity index (χ3v) is 8.14. The van der Waals surface area contributed by atoms with Crippen molar-refractivity contribution in [2.45, 2.75) is 77.6 Å². The van der Waals surface area contributed by atoms with Gasteiger partial charge < -0.3 is 14.4 Å². The predicted molar refractivity (Wildman–Crippen MR) is 179 cm³/mol. The topological polar surface area (TPSA) is 122 Å². The molecule has 4 rings (SSSR count). The molecule has 3 amide bonds. The summed E-state index contributed by atoms with van der Waals surface area (Å²) < 4.78 is 10.8. The van der Waals surface area contributed by atoms with Crippen LogP contribution >= 0.6 is 0 Å². The second kappa shape index (κ2) is 14.9. The number of hydrogen-bond donors (Lipinski definition) is 1. The summed E-state index contributed by atoms with van der Waals surface area (Å²) in [6.45, 7) is 9.06. The van der Waals surface area contributed by atoms with Gasteiger partial charge in [0.05, 0.1) is 24.3 Å². The van der Waals surface area contributed by atoms with Crippen molar-refractivity contribution in [3.05, 3.63) is 83.4 Å². The van der Waals surface area contributed by atoms with Crippen molar-refractivity contribution < 1.29 is 33.4 Å². The average Bonchev–Trinajstić information content (AvgIpc) is 3.26. The van der Waals surface area contributed by atoms with E-state index in [-0.39, 0.29) is 25.3 Å². The fraction of sp³-hybridized carbons (Fsp3) is 0.432. The van der Waals surface area contributed by atoms with Gasteiger partial charge in [-0.15, -0.1) is 0 Å². The van der Waals surface area contributed by atoms with E-state index in [1.807, 2.05) is 68.4 Å². The summed E-state index contributed by atoms with van der Waals surface area (Å²) in [6, 6.07) is 17.4. The van der Waals surface area contributed by atoms with Crippen LogP contribution in [-0.2, 0) is 30.3 Å². The van der Waals surface area contributed by atoms with Crippen LogP contribution in [0.1, 0.15) is 73.7 Å². The largest absolute Gasteiger partial charge is 0.467 e. The minimum atomic E-state index is -1.04. The van der Waals surface area contributed by atoms with E-state index >= 15 is 0 Å². The second-order valence-electron chi connectivity index (χ2n) is 13.4. The Kier molecular flexibility index (Phi) is 11.2. The minimum absolute atomic E-state index is 0.00986. The van der Waals surface area contributed by atoms with E-state index in [2.05, 4.69) is 5.32 Å². The van der Waals surface area contributed by atoms with E-state index in [0.717, 1.165) is 21.2 Å². The van der Waals surface area contributed by atoms with Gasteiger partial charge in [-0.2, -0.15) is 0 Å². The van der Waals surface area contributed by atoms with Crippen molar-refractivity contribution >= 4 is 40.4 Å². The number of imide groups is 1. The van der Waals surface area contributed by atoms with Crippen LogP contribution in [0.15, 0.2) is 66.7 Å². The molecule has 250 valence electrons. The summed E-state index contributed by atoms with van der Waals surface area (Å²) in [5.74, 6) is -2.40. The molecule has 0 radical (unpaired) electrons. The third kappa shape index (κ3) is 8.62. The van der Waals surface area contributed by atoms with Crippen molar-refractivity contribution in [1.82, 2.24) is 15.1 Å². The molecule has 0 aromatic heterocycles. The van der Waals surface area contributed by atoms with E-state index < -0.39 is 53.4 Å². The quantitative estimate of drug-likeness (QED) is 0.209. The molecule has 47 heavy (non-hydrogen) atoms. The number of hydrogen-bond acceptors (Lipinski definition) is 8. The highest BCUT2D eigenvalue weighted by Crippen LogP contribution is 2.28. The number of nitrogens with zero attached hydrogens (tertiary/aromatic N) is 2. The lowest BCUT2D eigenvalue weighted by Crippen LogP contribution is -2.56. The third-order valence-electron chi connectivity index (χ3n) is 8.14. The van der Waals surface area contributed by atoms with Gasteiger partial charge in [0.1, 0.15) is 17.7 Å². The Labute approximate surface area is 276 Å². The maximum absolute atomic E-state index is 14.1. The molecule has 1 unspecified atom stereocenters. The maximum Gasteiger partial charge on any atom is 0.328 e. The van der Waals surface area contributed by atoms with Gasteiger partial charge in [0.2, 0.25) is 5.91 Å². The Morgan fingerprint density at radius 3 is 1.91 bits per heavy atom. The molecule has 0 saturated heterocycles. The number of rotatable bonds is 13. The molecule has 10 heteroatoms. The number of ether oxygens (including phenoxy) is 2. The maximum atomic E-state index is 14.1. The van der Waals surface area contributed by atoms with Crippen LogP contribution in [0.2, 0.25) is 0 Å². The van der Waals surface area contributed by atoms with Gasteiger partial charge >= 0.3 is 11.9 Å². The fourth-order valence-electron chi connectivity index (χ4n) is 5.79. The normalized spacial score (nSPS) is 14.9. The highest BCUT2D eigenvalue weighted by atomic mass is 16.6. The molecule has 0 aliphatic carbocycles. The molecule has 0 spiro atoms. The first-order valence-electron chi connectivity index (χ1n) is 16.0. The van der Waals surface area contributed by atoms with E-state index in [0.29, 0.717) is 17.5 Å². The highest BCUT2D eigenvalue weighted by molar-refractivity contribution is 6.23. The first-order valence-corrected chi connectivity index (χ1v) is 16.0. The van der Waals surface area contributed by atoms with Gasteiger partial charge in [0.25, 0.3) is 11.8 Å². The summed E-state index contributed by atoms with van der Waals surface area (Å²) in [5.41, 5.74) is 0.665. The molecule has 1 heterocycles. The van der Waals surface area contributed by atoms with Gasteiger partial charge in [-0.05, 0) is 68.0 Å². The van der Waals surface area contributed by atoms with E-state index in [1.165, 1.54) is 12.0 Å².